The Balaban J connectivity index is 1.30. The monoisotopic (exact) mass is 539 g/mol. The summed E-state index contributed by atoms with van der Waals surface area (Å²) in [4.78, 5) is 22.8. The van der Waals surface area contributed by atoms with Crippen LogP contribution >= 0.6 is 7.60 Å². The Labute approximate surface area is 220 Å². The maximum atomic E-state index is 12.7. The van der Waals surface area contributed by atoms with Gasteiger partial charge in [-0.1, -0.05) is 90.4 Å². The van der Waals surface area contributed by atoms with E-state index in [-0.39, 0.29) is 18.6 Å². The molecule has 210 valence electrons. The van der Waals surface area contributed by atoms with Crippen molar-refractivity contribution in [2.75, 3.05) is 18.5 Å². The number of nitrogens with zero attached hydrogens (tertiary/aromatic N) is 4. The second-order valence-corrected chi connectivity index (χ2v) is 12.2. The third-order valence-electron chi connectivity index (χ3n) is 7.15. The molecule has 1 aliphatic rings. The standard InChI is InChI=1S/C26H46N5O5P/c1-2-3-4-5-6-7-8-9-10-11-12-13-14-15-16-37(33,34)36-21-17-23(35-22(21)18-32)31-20-30-24-25(27)28-19-29-26(24)31/h19-23,32H,2-18H2,1H3,(H,33,34)(H2,27,28,29)/t21-,22+,23+/m0/s1. The maximum absolute atomic E-state index is 12.7. The molecule has 3 heterocycles. The number of fused-ring (bicyclic) bond motifs is 1. The molecule has 2 aromatic rings. The minimum absolute atomic E-state index is 0.113. The number of nitrogens with two attached hydrogens (primary N) is 1. The Morgan fingerprint density at radius 1 is 1.00 bits per heavy atom. The van der Waals surface area contributed by atoms with E-state index >= 15 is 0 Å². The normalized spacial score (nSPS) is 21.5. The molecule has 0 aromatic carbocycles. The Hall–Kier alpha value is -1.58. The van der Waals surface area contributed by atoms with Crippen molar-refractivity contribution in [2.45, 2.75) is 122 Å². The number of rotatable bonds is 19. The van der Waals surface area contributed by atoms with Crippen LogP contribution in [-0.2, 0) is 13.8 Å². The van der Waals surface area contributed by atoms with Crippen LogP contribution in [0.4, 0.5) is 5.82 Å². The highest BCUT2D eigenvalue weighted by Gasteiger charge is 2.41. The molecule has 3 rings (SSSR count). The van der Waals surface area contributed by atoms with Crippen LogP contribution in [0.1, 0.15) is 109 Å². The molecule has 11 heteroatoms. The van der Waals surface area contributed by atoms with Crippen molar-refractivity contribution in [3.63, 3.8) is 0 Å². The summed E-state index contributed by atoms with van der Waals surface area (Å²) in [5.74, 6) is 0.265. The van der Waals surface area contributed by atoms with Crippen LogP contribution in [0.15, 0.2) is 12.7 Å². The summed E-state index contributed by atoms with van der Waals surface area (Å²) >= 11 is 0. The molecular weight excluding hydrogens is 493 g/mol. The SMILES string of the molecule is CCCCCCCCCCCCCCCCP(=O)(O)O[C@H]1C[C@H](n2cnc3c(N)ncnc32)O[C@@H]1CO. The van der Waals surface area contributed by atoms with Gasteiger partial charge in [-0.25, -0.2) is 15.0 Å². The lowest BCUT2D eigenvalue weighted by Gasteiger charge is -2.20. The summed E-state index contributed by atoms with van der Waals surface area (Å²) in [6.45, 7) is 1.94. The number of hydrogen-bond acceptors (Lipinski definition) is 8. The molecule has 37 heavy (non-hydrogen) atoms. The fraction of sp³-hybridized carbons (Fsp3) is 0.808. The molecular formula is C26H46N5O5P. The molecule has 0 bridgehead atoms. The number of aromatic nitrogens is 4. The van der Waals surface area contributed by atoms with Gasteiger partial charge in [0.15, 0.2) is 11.5 Å². The topological polar surface area (TPSA) is 146 Å². The average Bonchev–Trinajstić information content (AvgIpc) is 3.48. The van der Waals surface area contributed by atoms with Crippen molar-refractivity contribution in [1.82, 2.24) is 19.5 Å². The van der Waals surface area contributed by atoms with E-state index in [1.807, 2.05) is 0 Å². The highest BCUT2D eigenvalue weighted by atomic mass is 31.2. The first kappa shape index (κ1) is 30.0. The first-order valence-electron chi connectivity index (χ1n) is 14.1. The fourth-order valence-corrected chi connectivity index (χ4v) is 6.37. The lowest BCUT2D eigenvalue weighted by atomic mass is 10.0. The number of nitrogen functional groups attached to an aromatic ring is 1. The third kappa shape index (κ3) is 9.59. The predicted molar refractivity (Wildman–Crippen MR) is 145 cm³/mol. The van der Waals surface area contributed by atoms with E-state index in [1.165, 1.54) is 77.0 Å². The highest BCUT2D eigenvalue weighted by Crippen LogP contribution is 2.48. The van der Waals surface area contributed by atoms with Crippen LogP contribution in [0.25, 0.3) is 11.2 Å². The van der Waals surface area contributed by atoms with E-state index in [1.54, 1.807) is 10.9 Å². The summed E-state index contributed by atoms with van der Waals surface area (Å²) in [5, 5.41) is 9.77. The van der Waals surface area contributed by atoms with E-state index in [0.29, 0.717) is 24.0 Å². The maximum Gasteiger partial charge on any atom is 0.328 e. The molecule has 1 fully saturated rings. The number of ether oxygens (including phenoxy) is 1. The first-order chi connectivity index (χ1) is 17.9. The smallest absolute Gasteiger partial charge is 0.328 e. The molecule has 2 aromatic heterocycles. The molecule has 0 radical (unpaired) electrons. The fourth-order valence-electron chi connectivity index (χ4n) is 5.00. The zero-order valence-electron chi connectivity index (χ0n) is 22.3. The van der Waals surface area contributed by atoms with E-state index in [9.17, 15) is 14.6 Å². The van der Waals surface area contributed by atoms with Crippen molar-refractivity contribution in [2.24, 2.45) is 0 Å². The molecule has 1 aliphatic heterocycles. The average molecular weight is 540 g/mol. The summed E-state index contributed by atoms with van der Waals surface area (Å²) in [7, 11) is -3.80. The molecule has 0 saturated carbocycles. The Morgan fingerprint density at radius 3 is 2.19 bits per heavy atom. The number of imidazole rings is 1. The van der Waals surface area contributed by atoms with Gasteiger partial charge in [-0.05, 0) is 6.42 Å². The van der Waals surface area contributed by atoms with Crippen LogP contribution in [-0.4, -0.2) is 54.5 Å². The number of aliphatic hydroxyl groups is 1. The Morgan fingerprint density at radius 2 is 1.59 bits per heavy atom. The molecule has 1 unspecified atom stereocenters. The lowest BCUT2D eigenvalue weighted by Crippen LogP contribution is -2.27. The number of aliphatic hydroxyl groups excluding tert-OH is 1. The summed E-state index contributed by atoms with van der Waals surface area (Å²) in [6, 6.07) is 0. The van der Waals surface area contributed by atoms with E-state index in [2.05, 4.69) is 21.9 Å². The van der Waals surface area contributed by atoms with Gasteiger partial charge in [0.1, 0.15) is 24.2 Å². The molecule has 0 amide bonds. The van der Waals surface area contributed by atoms with Crippen LogP contribution in [0, 0.1) is 0 Å². The Kier molecular flexibility index (Phi) is 12.7. The van der Waals surface area contributed by atoms with Gasteiger partial charge in [-0.15, -0.1) is 0 Å². The van der Waals surface area contributed by atoms with Gasteiger partial charge in [0.05, 0.1) is 19.0 Å². The van der Waals surface area contributed by atoms with Gasteiger partial charge < -0.3 is 25.0 Å². The summed E-state index contributed by atoms with van der Waals surface area (Å²) in [6.07, 6.45) is 18.5. The third-order valence-corrected chi connectivity index (χ3v) is 8.63. The van der Waals surface area contributed by atoms with Gasteiger partial charge in [0.25, 0.3) is 0 Å². The van der Waals surface area contributed by atoms with Crippen molar-refractivity contribution in [3.8, 4) is 0 Å². The first-order valence-corrected chi connectivity index (χ1v) is 15.9. The summed E-state index contributed by atoms with van der Waals surface area (Å²) < 4.78 is 25.9. The molecule has 0 spiro atoms. The largest absolute Gasteiger partial charge is 0.394 e. The second kappa shape index (κ2) is 15.7. The molecule has 4 atom stereocenters. The Bertz CT molecular complexity index is 974. The molecule has 0 aliphatic carbocycles. The zero-order chi connectivity index (χ0) is 26.5. The van der Waals surface area contributed by atoms with E-state index < -0.39 is 26.0 Å². The minimum atomic E-state index is -3.80. The second-order valence-electron chi connectivity index (χ2n) is 10.2. The van der Waals surface area contributed by atoms with Gasteiger partial charge in [0.2, 0.25) is 0 Å². The van der Waals surface area contributed by atoms with Crippen molar-refractivity contribution in [1.29, 1.82) is 0 Å². The van der Waals surface area contributed by atoms with Crippen LogP contribution in [0.5, 0.6) is 0 Å². The number of hydrogen-bond donors (Lipinski definition) is 3. The van der Waals surface area contributed by atoms with Crippen LogP contribution < -0.4 is 5.73 Å². The van der Waals surface area contributed by atoms with E-state index in [4.69, 9.17) is 15.0 Å². The molecule has 1 saturated heterocycles. The summed E-state index contributed by atoms with van der Waals surface area (Å²) in [5.41, 5.74) is 6.82. The van der Waals surface area contributed by atoms with E-state index in [0.717, 1.165) is 12.8 Å². The van der Waals surface area contributed by atoms with Gasteiger partial charge in [0, 0.05) is 12.6 Å². The van der Waals surface area contributed by atoms with Crippen LogP contribution in [0.2, 0.25) is 0 Å². The number of unbranched alkanes of at least 4 members (excludes halogenated alkanes) is 13. The minimum Gasteiger partial charge on any atom is -0.394 e. The molecule has 10 nitrogen and oxygen atoms in total. The van der Waals surface area contributed by atoms with Crippen molar-refractivity contribution < 1.29 is 23.8 Å². The zero-order valence-corrected chi connectivity index (χ0v) is 23.2. The predicted octanol–water partition coefficient (Wildman–Crippen LogP) is 5.74. The molecule has 4 N–H and O–H groups in total. The van der Waals surface area contributed by atoms with Gasteiger partial charge >= 0.3 is 7.60 Å². The highest BCUT2D eigenvalue weighted by molar-refractivity contribution is 7.52. The quantitative estimate of drug-likeness (QED) is 0.150. The van der Waals surface area contributed by atoms with Crippen LogP contribution in [0.3, 0.4) is 0 Å². The lowest BCUT2D eigenvalue weighted by molar-refractivity contribution is -0.0403. The van der Waals surface area contributed by atoms with Gasteiger partial charge in [-0.2, -0.15) is 0 Å². The van der Waals surface area contributed by atoms with Crippen molar-refractivity contribution >= 4 is 24.6 Å². The van der Waals surface area contributed by atoms with Gasteiger partial charge in [-0.3, -0.25) is 9.13 Å². The van der Waals surface area contributed by atoms with Crippen molar-refractivity contribution in [3.05, 3.63) is 12.7 Å². The number of anilines is 1.